The third-order valence-corrected chi connectivity index (χ3v) is 6.56. The van der Waals surface area contributed by atoms with Gasteiger partial charge in [-0.25, -0.2) is 0 Å². The number of aromatic amines is 2. The maximum Gasteiger partial charge on any atom is 0.274 e. The average molecular weight is 447 g/mol. The van der Waals surface area contributed by atoms with E-state index in [9.17, 15) is 19.8 Å². The van der Waals surface area contributed by atoms with Crippen LogP contribution >= 0.6 is 0 Å². The van der Waals surface area contributed by atoms with Crippen LogP contribution in [-0.2, 0) is 0 Å². The van der Waals surface area contributed by atoms with Crippen molar-refractivity contribution in [1.82, 2.24) is 14.8 Å². The first-order valence-corrected chi connectivity index (χ1v) is 10.8. The second-order valence-corrected chi connectivity index (χ2v) is 8.48. The number of aromatic nitrogens is 3. The van der Waals surface area contributed by atoms with Crippen molar-refractivity contribution in [2.24, 2.45) is 0 Å². The van der Waals surface area contributed by atoms with Crippen LogP contribution < -0.4 is 15.7 Å². The first-order valence-electron chi connectivity index (χ1n) is 10.8. The standard InChI is InChI=1S/C24H21N3O6/c1-32-17-9-11(8-15(29)21(17)30)18-19-23(27(26-24(19)31)12-4-2-3-5-12)25-20-14-7-6-13(28)10-16(14)33-22(18)20/h6-10,12,25,29-30H,2-5H2,1H3,(H,26,31). The van der Waals surface area contributed by atoms with Gasteiger partial charge in [0, 0.05) is 17.0 Å². The topological polar surface area (TPSA) is 133 Å². The predicted octanol–water partition coefficient (Wildman–Crippen LogP) is 4.12. The zero-order valence-corrected chi connectivity index (χ0v) is 17.8. The highest BCUT2D eigenvalue weighted by Crippen LogP contribution is 2.44. The van der Waals surface area contributed by atoms with Crippen LogP contribution in [0.3, 0.4) is 0 Å². The minimum Gasteiger partial charge on any atom is -0.504 e. The number of ether oxygens (including phenoxy) is 1. The third kappa shape index (κ3) is 2.78. The van der Waals surface area contributed by atoms with Crippen LogP contribution in [0, 0.1) is 0 Å². The molecule has 1 saturated carbocycles. The molecular weight excluding hydrogens is 426 g/mol. The van der Waals surface area contributed by atoms with Gasteiger partial charge in [-0.15, -0.1) is 0 Å². The number of rotatable bonds is 3. The first-order chi connectivity index (χ1) is 16.0. The van der Waals surface area contributed by atoms with Crippen molar-refractivity contribution >= 4 is 33.1 Å². The molecule has 0 spiro atoms. The summed E-state index contributed by atoms with van der Waals surface area (Å²) in [6.45, 7) is 0. The fourth-order valence-electron chi connectivity index (χ4n) is 5.02. The molecule has 9 heteroatoms. The summed E-state index contributed by atoms with van der Waals surface area (Å²) in [6.07, 6.45) is 4.09. The van der Waals surface area contributed by atoms with Crippen LogP contribution in [0.5, 0.6) is 17.2 Å². The minimum atomic E-state index is -0.394. The molecule has 6 rings (SSSR count). The molecule has 168 valence electrons. The van der Waals surface area contributed by atoms with Gasteiger partial charge in [-0.2, -0.15) is 0 Å². The summed E-state index contributed by atoms with van der Waals surface area (Å²) in [4.78, 5) is 28.6. The van der Waals surface area contributed by atoms with E-state index in [0.29, 0.717) is 44.2 Å². The van der Waals surface area contributed by atoms with Crippen LogP contribution in [0.4, 0.5) is 0 Å². The minimum absolute atomic E-state index is 0.0590. The SMILES string of the molecule is COc1cc(-c2c3oc4cc(=O)ccc4c3[nH]c3c2c(=O)[nH]n3C2CCCC2)cc(O)c1O. The fourth-order valence-corrected chi connectivity index (χ4v) is 5.02. The number of H-pyrrole nitrogens is 2. The van der Waals surface area contributed by atoms with E-state index < -0.39 is 5.75 Å². The van der Waals surface area contributed by atoms with Crippen molar-refractivity contribution in [3.8, 4) is 28.4 Å². The van der Waals surface area contributed by atoms with Gasteiger partial charge in [-0.05, 0) is 42.7 Å². The summed E-state index contributed by atoms with van der Waals surface area (Å²) in [7, 11) is 1.38. The number of nitrogens with zero attached hydrogens (tertiary/aromatic N) is 1. The second-order valence-electron chi connectivity index (χ2n) is 8.48. The monoisotopic (exact) mass is 447 g/mol. The number of furan rings is 1. The second kappa shape index (κ2) is 6.93. The summed E-state index contributed by atoms with van der Waals surface area (Å²) in [5.41, 5.74) is 2.37. The summed E-state index contributed by atoms with van der Waals surface area (Å²) >= 11 is 0. The molecule has 0 aliphatic heterocycles. The average Bonchev–Trinajstić information content (AvgIpc) is 3.52. The molecule has 1 fully saturated rings. The molecule has 5 aromatic rings. The molecular formula is C24H21N3O6. The lowest BCUT2D eigenvalue weighted by molar-refractivity contribution is 0.351. The Morgan fingerprint density at radius 1 is 1.12 bits per heavy atom. The molecule has 1 aliphatic carbocycles. The number of nitrogens with one attached hydrogen (secondary N) is 2. The number of fused-ring (bicyclic) bond motifs is 4. The number of hydrogen-bond donors (Lipinski definition) is 4. The largest absolute Gasteiger partial charge is 0.504 e. The van der Waals surface area contributed by atoms with Crippen LogP contribution in [0.25, 0.3) is 44.2 Å². The van der Waals surface area contributed by atoms with Crippen LogP contribution in [0.1, 0.15) is 31.7 Å². The molecule has 0 saturated heterocycles. The molecule has 3 heterocycles. The van der Waals surface area contributed by atoms with Crippen molar-refractivity contribution in [2.45, 2.75) is 31.7 Å². The Labute approximate surface area is 185 Å². The molecule has 0 atom stereocenters. The van der Waals surface area contributed by atoms with Crippen molar-refractivity contribution < 1.29 is 19.4 Å². The van der Waals surface area contributed by atoms with Gasteiger partial charge in [-0.3, -0.25) is 19.4 Å². The summed E-state index contributed by atoms with van der Waals surface area (Å²) in [6, 6.07) is 7.63. The van der Waals surface area contributed by atoms with Gasteiger partial charge in [0.25, 0.3) is 5.56 Å². The van der Waals surface area contributed by atoms with E-state index in [-0.39, 0.29) is 28.5 Å². The molecule has 9 nitrogen and oxygen atoms in total. The number of benzene rings is 2. The third-order valence-electron chi connectivity index (χ3n) is 6.56. The quantitative estimate of drug-likeness (QED) is 0.308. The van der Waals surface area contributed by atoms with Crippen LogP contribution in [0.2, 0.25) is 0 Å². The van der Waals surface area contributed by atoms with Crippen molar-refractivity contribution in [1.29, 1.82) is 0 Å². The number of phenolic OH excluding ortho intramolecular Hbond substituents is 2. The number of aromatic hydroxyl groups is 2. The molecule has 0 amide bonds. The molecule has 1 aliphatic rings. The zero-order chi connectivity index (χ0) is 22.9. The van der Waals surface area contributed by atoms with E-state index >= 15 is 0 Å². The number of hydrogen-bond acceptors (Lipinski definition) is 6. The van der Waals surface area contributed by atoms with E-state index in [2.05, 4.69) is 10.1 Å². The Morgan fingerprint density at radius 2 is 1.91 bits per heavy atom. The van der Waals surface area contributed by atoms with Gasteiger partial charge < -0.3 is 24.4 Å². The number of phenols is 2. The zero-order valence-electron chi connectivity index (χ0n) is 17.8. The lowest BCUT2D eigenvalue weighted by Gasteiger charge is -2.14. The Balaban J connectivity index is 1.80. The van der Waals surface area contributed by atoms with Crippen molar-refractivity contribution in [3.05, 3.63) is 50.9 Å². The molecule has 0 radical (unpaired) electrons. The lowest BCUT2D eigenvalue weighted by atomic mass is 10.0. The van der Waals surface area contributed by atoms with E-state index in [1.807, 2.05) is 4.68 Å². The van der Waals surface area contributed by atoms with Crippen LogP contribution in [-0.4, -0.2) is 32.1 Å². The highest BCUT2D eigenvalue weighted by Gasteiger charge is 2.26. The van der Waals surface area contributed by atoms with Gasteiger partial charge >= 0.3 is 0 Å². The Hall–Kier alpha value is -4.14. The van der Waals surface area contributed by atoms with Gasteiger partial charge in [0.2, 0.25) is 5.75 Å². The Kier molecular flexibility index (Phi) is 4.10. The van der Waals surface area contributed by atoms with E-state index in [1.54, 1.807) is 12.1 Å². The molecule has 33 heavy (non-hydrogen) atoms. The van der Waals surface area contributed by atoms with E-state index in [4.69, 9.17) is 9.15 Å². The first kappa shape index (κ1) is 19.5. The number of methoxy groups -OCH3 is 1. The number of pyridine rings is 1. The lowest BCUT2D eigenvalue weighted by Crippen LogP contribution is -2.10. The predicted molar refractivity (Wildman–Crippen MR) is 123 cm³/mol. The Bertz CT molecular complexity index is 1680. The highest BCUT2D eigenvalue weighted by molar-refractivity contribution is 6.14. The van der Waals surface area contributed by atoms with Gasteiger partial charge in [-0.1, -0.05) is 12.8 Å². The maximum atomic E-state index is 13.2. The van der Waals surface area contributed by atoms with Crippen LogP contribution in [0.15, 0.2) is 44.3 Å². The van der Waals surface area contributed by atoms with Gasteiger partial charge in [0.05, 0.1) is 24.1 Å². The van der Waals surface area contributed by atoms with Crippen molar-refractivity contribution in [3.63, 3.8) is 0 Å². The van der Waals surface area contributed by atoms with E-state index in [0.717, 1.165) is 25.7 Å². The van der Waals surface area contributed by atoms with E-state index in [1.165, 1.54) is 25.3 Å². The molecule has 4 N–H and O–H groups in total. The molecule has 0 bridgehead atoms. The molecule has 2 aromatic carbocycles. The summed E-state index contributed by atoms with van der Waals surface area (Å²) in [5.74, 6) is -0.721. The smallest absolute Gasteiger partial charge is 0.274 e. The maximum absolute atomic E-state index is 13.2. The van der Waals surface area contributed by atoms with Gasteiger partial charge in [0.15, 0.2) is 22.5 Å². The van der Waals surface area contributed by atoms with Crippen molar-refractivity contribution in [2.75, 3.05) is 7.11 Å². The fraction of sp³-hybridized carbons (Fsp3) is 0.250. The van der Waals surface area contributed by atoms with Gasteiger partial charge in [0.1, 0.15) is 11.2 Å². The molecule has 0 unspecified atom stereocenters. The normalized spacial score (nSPS) is 14.7. The molecule has 3 aromatic heterocycles. The Morgan fingerprint density at radius 3 is 2.67 bits per heavy atom. The summed E-state index contributed by atoms with van der Waals surface area (Å²) < 4.78 is 13.2. The summed E-state index contributed by atoms with van der Waals surface area (Å²) in [5, 5.41) is 24.5. The highest BCUT2D eigenvalue weighted by atomic mass is 16.5.